The topological polar surface area (TPSA) is 61.0 Å². The third-order valence-electron chi connectivity index (χ3n) is 2.02. The van der Waals surface area contributed by atoms with Crippen molar-refractivity contribution < 1.29 is 17.9 Å². The quantitative estimate of drug-likeness (QED) is 0.863. The molecule has 0 aromatic carbocycles. The monoisotopic (exact) mass is 287 g/mol. The van der Waals surface area contributed by atoms with E-state index in [1.54, 1.807) is 0 Å². The number of nitrogens with zero attached hydrogens (tertiary/aromatic N) is 2. The van der Waals surface area contributed by atoms with E-state index in [1.165, 1.54) is 25.4 Å². The molecule has 0 amide bonds. The number of halogens is 3. The Balaban J connectivity index is 0.000000359. The Morgan fingerprint density at radius 2 is 1.95 bits per heavy atom. The molecule has 2 heterocycles. The Morgan fingerprint density at radius 3 is 2.40 bits per heavy atom. The lowest BCUT2D eigenvalue weighted by Crippen LogP contribution is -2.02. The molecule has 20 heavy (non-hydrogen) atoms. The molecule has 2 N–H and O–H groups in total. The second kappa shape index (κ2) is 8.87. The normalized spacial score (nSPS) is 9.05. The van der Waals surface area contributed by atoms with Crippen LogP contribution in [-0.2, 0) is 6.54 Å². The van der Waals surface area contributed by atoms with Gasteiger partial charge >= 0.3 is 0 Å². The van der Waals surface area contributed by atoms with Crippen molar-refractivity contribution in [1.29, 1.82) is 0 Å². The minimum Gasteiger partial charge on any atom is -0.481 e. The molecule has 110 valence electrons. The molecule has 2 aromatic heterocycles. The first-order chi connectivity index (χ1) is 9.08. The number of nitrogens with two attached hydrogens (primary N) is 1. The molecule has 0 radical (unpaired) electrons. The van der Waals surface area contributed by atoms with Crippen LogP contribution >= 0.6 is 0 Å². The average Bonchev–Trinajstić information content (AvgIpc) is 2.42. The lowest BCUT2D eigenvalue weighted by Gasteiger charge is -2.03. The van der Waals surface area contributed by atoms with E-state index in [0.29, 0.717) is 11.4 Å². The first-order valence-electron chi connectivity index (χ1n) is 5.23. The Labute approximate surface area is 115 Å². The molecule has 0 unspecified atom stereocenters. The molecule has 7 heteroatoms. The van der Waals surface area contributed by atoms with Crippen molar-refractivity contribution in [3.63, 3.8) is 0 Å². The Morgan fingerprint density at radius 1 is 1.25 bits per heavy atom. The number of hydrogen-bond acceptors (Lipinski definition) is 4. The minimum atomic E-state index is -1.05. The smallest absolute Gasteiger partial charge is 0.248 e. The third-order valence-corrected chi connectivity index (χ3v) is 2.02. The summed E-state index contributed by atoms with van der Waals surface area (Å²) in [6.07, 6.45) is 2.29. The summed E-state index contributed by atoms with van der Waals surface area (Å²) < 4.78 is 41.0. The van der Waals surface area contributed by atoms with Crippen LogP contribution in [-0.4, -0.2) is 17.1 Å². The molecule has 0 spiro atoms. The van der Waals surface area contributed by atoms with Crippen molar-refractivity contribution in [2.24, 2.45) is 5.73 Å². The Kier molecular flexibility index (Phi) is 7.91. The molecule has 4 nitrogen and oxygen atoms in total. The predicted octanol–water partition coefficient (Wildman–Crippen LogP) is 2.68. The van der Waals surface area contributed by atoms with E-state index in [2.05, 4.69) is 9.97 Å². The van der Waals surface area contributed by atoms with Crippen LogP contribution in [0.4, 0.5) is 13.2 Å². The van der Waals surface area contributed by atoms with Crippen molar-refractivity contribution in [2.45, 2.75) is 14.0 Å². The molecule has 0 fully saturated rings. The van der Waals surface area contributed by atoms with E-state index >= 15 is 0 Å². The molecular weight excluding hydrogens is 271 g/mol. The summed E-state index contributed by atoms with van der Waals surface area (Å²) in [5, 5.41) is 0. The summed E-state index contributed by atoms with van der Waals surface area (Å²) in [5.74, 6) is -1.97. The van der Waals surface area contributed by atoms with E-state index < -0.39 is 17.6 Å². The molecule has 0 aliphatic heterocycles. The van der Waals surface area contributed by atoms with Gasteiger partial charge in [0.2, 0.25) is 11.8 Å². The highest BCUT2D eigenvalue weighted by molar-refractivity contribution is 5.25. The summed E-state index contributed by atoms with van der Waals surface area (Å²) in [6, 6.07) is 3.66. The van der Waals surface area contributed by atoms with Crippen LogP contribution in [0.25, 0.3) is 0 Å². The zero-order valence-electron chi connectivity index (χ0n) is 10.1. The van der Waals surface area contributed by atoms with Gasteiger partial charge in [-0.05, 0) is 18.2 Å². The molecule has 2 rings (SSSR count). The van der Waals surface area contributed by atoms with Crippen molar-refractivity contribution in [2.75, 3.05) is 7.11 Å². The second-order valence-electron chi connectivity index (χ2n) is 3.30. The number of ether oxygens (including phenoxy) is 1. The summed E-state index contributed by atoms with van der Waals surface area (Å²) >= 11 is 0. The highest BCUT2D eigenvalue weighted by Crippen LogP contribution is 2.13. The van der Waals surface area contributed by atoms with Crippen LogP contribution in [0, 0.1) is 17.6 Å². The van der Waals surface area contributed by atoms with Crippen LogP contribution in [0.3, 0.4) is 0 Å². The minimum absolute atomic E-state index is 0. The van der Waals surface area contributed by atoms with E-state index in [9.17, 15) is 13.2 Å². The molecular formula is C13H16F3N3O. The molecule has 0 aliphatic rings. The summed E-state index contributed by atoms with van der Waals surface area (Å²) in [6.45, 7) is 0.230. The van der Waals surface area contributed by atoms with Crippen molar-refractivity contribution in [3.8, 4) is 5.88 Å². The first-order valence-corrected chi connectivity index (χ1v) is 5.23. The fourth-order valence-corrected chi connectivity index (χ4v) is 1.17. The molecule has 0 saturated heterocycles. The number of pyridine rings is 2. The maximum absolute atomic E-state index is 12.5. The van der Waals surface area contributed by atoms with E-state index in [-0.39, 0.29) is 14.0 Å². The van der Waals surface area contributed by atoms with Gasteiger partial charge in [-0.25, -0.2) is 18.7 Å². The summed E-state index contributed by atoms with van der Waals surface area (Å²) in [4.78, 5) is 6.73. The second-order valence-corrected chi connectivity index (χ2v) is 3.30. The van der Waals surface area contributed by atoms with Gasteiger partial charge < -0.3 is 10.5 Å². The van der Waals surface area contributed by atoms with Crippen LogP contribution in [0.1, 0.15) is 13.0 Å². The van der Waals surface area contributed by atoms with Gasteiger partial charge in [-0.2, -0.15) is 4.39 Å². The number of methoxy groups -OCH3 is 1. The largest absolute Gasteiger partial charge is 0.481 e. The molecule has 0 saturated carbocycles. The maximum atomic E-state index is 12.5. The van der Waals surface area contributed by atoms with Gasteiger partial charge in [0.1, 0.15) is 5.82 Å². The third kappa shape index (κ3) is 5.23. The van der Waals surface area contributed by atoms with E-state index in [0.717, 1.165) is 12.3 Å². The number of aromatic nitrogens is 2. The molecule has 0 atom stereocenters. The van der Waals surface area contributed by atoms with Gasteiger partial charge in [-0.15, -0.1) is 0 Å². The van der Waals surface area contributed by atoms with Crippen LogP contribution < -0.4 is 10.5 Å². The molecule has 0 bridgehead atoms. The van der Waals surface area contributed by atoms with E-state index in [4.69, 9.17) is 10.5 Å². The maximum Gasteiger partial charge on any atom is 0.248 e. The van der Waals surface area contributed by atoms with Gasteiger partial charge in [0.05, 0.1) is 13.3 Å². The number of hydrogen-bond donors (Lipinski definition) is 1. The average molecular weight is 287 g/mol. The van der Waals surface area contributed by atoms with Gasteiger partial charge in [0, 0.05) is 18.3 Å². The van der Waals surface area contributed by atoms with Crippen LogP contribution in [0.5, 0.6) is 5.88 Å². The van der Waals surface area contributed by atoms with Crippen LogP contribution in [0.15, 0.2) is 30.6 Å². The van der Waals surface area contributed by atoms with Crippen molar-refractivity contribution in [1.82, 2.24) is 9.97 Å². The Bertz CT molecular complexity index is 517. The lowest BCUT2D eigenvalue weighted by atomic mass is 10.3. The summed E-state index contributed by atoms with van der Waals surface area (Å²) in [7, 11) is 1.47. The lowest BCUT2D eigenvalue weighted by molar-refractivity contribution is 0.390. The van der Waals surface area contributed by atoms with Gasteiger partial charge in [0.15, 0.2) is 5.82 Å². The van der Waals surface area contributed by atoms with Gasteiger partial charge in [-0.1, -0.05) is 7.43 Å². The first kappa shape index (κ1) is 17.8. The fraction of sp³-hybridized carbons (Fsp3) is 0.231. The van der Waals surface area contributed by atoms with Crippen molar-refractivity contribution >= 4 is 0 Å². The highest BCUT2D eigenvalue weighted by atomic mass is 19.2. The number of rotatable bonds is 2. The standard InChI is InChI=1S/C7H9FN2O.C5H3F2N.CH4/c1-11-7-5(3-9)2-6(8)4-10-7;6-4-2-1-3-8-5(4)7;/h2,4H,3,9H2,1H3;1-3H;1H4. The zero-order chi connectivity index (χ0) is 14.3. The van der Waals surface area contributed by atoms with Crippen molar-refractivity contribution in [3.05, 3.63) is 53.7 Å². The molecule has 0 aliphatic carbocycles. The van der Waals surface area contributed by atoms with E-state index in [1.807, 2.05) is 0 Å². The summed E-state index contributed by atoms with van der Waals surface area (Å²) in [5.41, 5.74) is 5.88. The zero-order valence-corrected chi connectivity index (χ0v) is 10.1. The van der Waals surface area contributed by atoms with Crippen LogP contribution in [0.2, 0.25) is 0 Å². The predicted molar refractivity (Wildman–Crippen MR) is 69.5 cm³/mol. The highest BCUT2D eigenvalue weighted by Gasteiger charge is 2.02. The Hall–Kier alpha value is -2.15. The fourth-order valence-electron chi connectivity index (χ4n) is 1.17. The molecule has 2 aromatic rings. The van der Waals surface area contributed by atoms with Gasteiger partial charge in [0.25, 0.3) is 0 Å². The van der Waals surface area contributed by atoms with Gasteiger partial charge in [-0.3, -0.25) is 0 Å². The SMILES string of the molecule is C.COc1ncc(F)cc1CN.Fc1cccnc1F.